The predicted octanol–water partition coefficient (Wildman–Crippen LogP) is 4.79. The summed E-state index contributed by atoms with van der Waals surface area (Å²) in [5, 5.41) is 5.44. The summed E-state index contributed by atoms with van der Waals surface area (Å²) in [5.41, 5.74) is 2.08. The predicted molar refractivity (Wildman–Crippen MR) is 88.6 cm³/mol. The van der Waals surface area contributed by atoms with E-state index >= 15 is 0 Å². The van der Waals surface area contributed by atoms with E-state index in [1.807, 2.05) is 24.4 Å². The highest BCUT2D eigenvalue weighted by molar-refractivity contribution is 6.35. The van der Waals surface area contributed by atoms with Gasteiger partial charge in [-0.25, -0.2) is 8.78 Å². The standard InChI is InChI=1S/C17H11ClF2N4O/c18-11-2-1-3-12-15(11)10(8-21-12)6-14-23-17(24-25-14)9-4-5-13(16(19)20)22-7-9/h1-5,7-8,16,21H,6H2. The van der Waals surface area contributed by atoms with Crippen molar-refractivity contribution in [3.05, 3.63) is 64.9 Å². The highest BCUT2D eigenvalue weighted by atomic mass is 35.5. The fourth-order valence-electron chi connectivity index (χ4n) is 2.62. The smallest absolute Gasteiger partial charge is 0.280 e. The Labute approximate surface area is 145 Å². The number of aromatic amines is 1. The lowest BCUT2D eigenvalue weighted by molar-refractivity contribution is 0.146. The van der Waals surface area contributed by atoms with Crippen molar-refractivity contribution in [2.45, 2.75) is 12.8 Å². The molecule has 25 heavy (non-hydrogen) atoms. The Kier molecular flexibility index (Phi) is 3.93. The average molecular weight is 361 g/mol. The van der Waals surface area contributed by atoms with E-state index < -0.39 is 6.43 Å². The van der Waals surface area contributed by atoms with Gasteiger partial charge in [-0.2, -0.15) is 4.98 Å². The topological polar surface area (TPSA) is 67.6 Å². The third-order valence-electron chi connectivity index (χ3n) is 3.81. The van der Waals surface area contributed by atoms with Crippen LogP contribution in [0.1, 0.15) is 23.6 Å². The monoisotopic (exact) mass is 360 g/mol. The number of alkyl halides is 2. The number of nitrogens with zero attached hydrogens (tertiary/aromatic N) is 3. The molecule has 0 saturated carbocycles. The highest BCUT2D eigenvalue weighted by Gasteiger charge is 2.15. The molecule has 0 atom stereocenters. The van der Waals surface area contributed by atoms with Gasteiger partial charge < -0.3 is 9.51 Å². The molecular formula is C17H11ClF2N4O. The molecule has 0 fully saturated rings. The van der Waals surface area contributed by atoms with Gasteiger partial charge in [0.2, 0.25) is 11.7 Å². The second-order valence-electron chi connectivity index (χ2n) is 5.44. The van der Waals surface area contributed by atoms with Gasteiger partial charge in [-0.1, -0.05) is 22.8 Å². The van der Waals surface area contributed by atoms with Crippen molar-refractivity contribution >= 4 is 22.5 Å². The first-order chi connectivity index (χ1) is 12.1. The lowest BCUT2D eigenvalue weighted by Gasteiger charge is -1.98. The minimum Gasteiger partial charge on any atom is -0.361 e. The molecule has 0 spiro atoms. The second kappa shape index (κ2) is 6.25. The van der Waals surface area contributed by atoms with E-state index in [-0.39, 0.29) is 5.69 Å². The van der Waals surface area contributed by atoms with E-state index in [9.17, 15) is 8.78 Å². The Morgan fingerprint density at radius 2 is 2.08 bits per heavy atom. The first-order valence-electron chi connectivity index (χ1n) is 7.43. The summed E-state index contributed by atoms with van der Waals surface area (Å²) < 4.78 is 30.4. The minimum absolute atomic E-state index is 0.291. The molecule has 126 valence electrons. The molecule has 4 aromatic rings. The number of hydrogen-bond acceptors (Lipinski definition) is 4. The summed E-state index contributed by atoms with van der Waals surface area (Å²) in [4.78, 5) is 11.2. The SMILES string of the molecule is FC(F)c1ccc(-c2noc(Cc3c[nH]c4cccc(Cl)c34)n2)cn1. The van der Waals surface area contributed by atoms with Crippen molar-refractivity contribution < 1.29 is 13.3 Å². The van der Waals surface area contributed by atoms with Crippen LogP contribution < -0.4 is 0 Å². The normalized spacial score (nSPS) is 11.5. The summed E-state index contributed by atoms with van der Waals surface area (Å²) >= 11 is 6.26. The molecule has 0 amide bonds. The van der Waals surface area contributed by atoms with E-state index in [2.05, 4.69) is 20.1 Å². The van der Waals surface area contributed by atoms with Crippen molar-refractivity contribution in [2.75, 3.05) is 0 Å². The van der Waals surface area contributed by atoms with Gasteiger partial charge in [0.25, 0.3) is 6.43 Å². The molecule has 8 heteroatoms. The number of hydrogen-bond donors (Lipinski definition) is 1. The van der Waals surface area contributed by atoms with Crippen LogP contribution in [0.5, 0.6) is 0 Å². The van der Waals surface area contributed by atoms with Gasteiger partial charge in [0.15, 0.2) is 0 Å². The Morgan fingerprint density at radius 3 is 2.84 bits per heavy atom. The Morgan fingerprint density at radius 1 is 1.20 bits per heavy atom. The molecule has 0 radical (unpaired) electrons. The zero-order valence-corrected chi connectivity index (χ0v) is 13.5. The first-order valence-corrected chi connectivity index (χ1v) is 7.81. The summed E-state index contributed by atoms with van der Waals surface area (Å²) in [6.45, 7) is 0. The minimum atomic E-state index is -2.61. The van der Waals surface area contributed by atoms with Crippen LogP contribution in [0.25, 0.3) is 22.3 Å². The summed E-state index contributed by atoms with van der Waals surface area (Å²) in [7, 11) is 0. The van der Waals surface area contributed by atoms with Crippen LogP contribution in [0.3, 0.4) is 0 Å². The van der Waals surface area contributed by atoms with Gasteiger partial charge in [0.1, 0.15) is 5.69 Å². The molecule has 4 rings (SSSR count). The van der Waals surface area contributed by atoms with E-state index in [1.54, 1.807) is 0 Å². The number of halogens is 3. The van der Waals surface area contributed by atoms with Crippen LogP contribution in [-0.2, 0) is 6.42 Å². The zero-order valence-electron chi connectivity index (χ0n) is 12.7. The Balaban J connectivity index is 1.61. The molecule has 0 aliphatic carbocycles. The molecule has 5 nitrogen and oxygen atoms in total. The fraction of sp³-hybridized carbons (Fsp3) is 0.118. The highest BCUT2D eigenvalue weighted by Crippen LogP contribution is 2.28. The number of rotatable bonds is 4. The van der Waals surface area contributed by atoms with Gasteiger partial charge in [-0.05, 0) is 29.8 Å². The van der Waals surface area contributed by atoms with Crippen LogP contribution in [0.15, 0.2) is 47.2 Å². The number of nitrogens with one attached hydrogen (secondary N) is 1. The zero-order chi connectivity index (χ0) is 17.4. The third-order valence-corrected chi connectivity index (χ3v) is 4.13. The molecule has 0 unspecified atom stereocenters. The average Bonchev–Trinajstić information content (AvgIpc) is 3.24. The van der Waals surface area contributed by atoms with Crippen LogP contribution >= 0.6 is 11.6 Å². The van der Waals surface area contributed by atoms with Gasteiger partial charge >= 0.3 is 0 Å². The van der Waals surface area contributed by atoms with Crippen LogP contribution in [-0.4, -0.2) is 20.1 Å². The number of aromatic nitrogens is 4. The van der Waals surface area contributed by atoms with Crippen molar-refractivity contribution in [3.8, 4) is 11.4 Å². The number of H-pyrrole nitrogens is 1. The fourth-order valence-corrected chi connectivity index (χ4v) is 2.92. The molecule has 0 bridgehead atoms. The van der Waals surface area contributed by atoms with Crippen molar-refractivity contribution in [1.29, 1.82) is 0 Å². The summed E-state index contributed by atoms with van der Waals surface area (Å²) in [6.07, 6.45) is 0.943. The Bertz CT molecular complexity index is 1030. The molecule has 0 saturated heterocycles. The van der Waals surface area contributed by atoms with Crippen molar-refractivity contribution in [1.82, 2.24) is 20.1 Å². The molecule has 1 N–H and O–H groups in total. The number of fused-ring (bicyclic) bond motifs is 1. The van der Waals surface area contributed by atoms with E-state index in [1.165, 1.54) is 18.3 Å². The maximum absolute atomic E-state index is 12.6. The molecule has 3 heterocycles. The summed E-state index contributed by atoms with van der Waals surface area (Å²) in [5.74, 6) is 0.697. The van der Waals surface area contributed by atoms with Crippen molar-refractivity contribution in [2.24, 2.45) is 0 Å². The molecule has 3 aromatic heterocycles. The molecule has 0 aliphatic rings. The third kappa shape index (κ3) is 2.98. The van der Waals surface area contributed by atoms with Crippen LogP contribution in [0, 0.1) is 0 Å². The van der Waals surface area contributed by atoms with Crippen LogP contribution in [0.2, 0.25) is 5.02 Å². The van der Waals surface area contributed by atoms with Gasteiger partial charge in [0.05, 0.1) is 11.4 Å². The second-order valence-corrected chi connectivity index (χ2v) is 5.84. The van der Waals surface area contributed by atoms with E-state index in [0.717, 1.165) is 16.5 Å². The molecule has 1 aromatic carbocycles. The number of pyridine rings is 1. The maximum atomic E-state index is 12.6. The van der Waals surface area contributed by atoms with E-state index in [4.69, 9.17) is 16.1 Å². The summed E-state index contributed by atoms with van der Waals surface area (Å²) in [6, 6.07) is 8.35. The van der Waals surface area contributed by atoms with E-state index in [0.29, 0.717) is 28.7 Å². The lowest BCUT2D eigenvalue weighted by Crippen LogP contribution is -1.91. The Hall–Kier alpha value is -2.80. The lowest BCUT2D eigenvalue weighted by atomic mass is 10.1. The van der Waals surface area contributed by atoms with Gasteiger partial charge in [-0.3, -0.25) is 4.98 Å². The first kappa shape index (κ1) is 15.7. The maximum Gasteiger partial charge on any atom is 0.280 e. The largest absolute Gasteiger partial charge is 0.361 e. The number of benzene rings is 1. The molecular weight excluding hydrogens is 350 g/mol. The molecule has 0 aliphatic heterocycles. The van der Waals surface area contributed by atoms with Crippen LogP contribution in [0.4, 0.5) is 8.78 Å². The quantitative estimate of drug-likeness (QED) is 0.568. The van der Waals surface area contributed by atoms with Gasteiger partial charge in [-0.15, -0.1) is 0 Å². The van der Waals surface area contributed by atoms with Gasteiger partial charge in [0, 0.05) is 28.9 Å². The van der Waals surface area contributed by atoms with Crippen molar-refractivity contribution in [3.63, 3.8) is 0 Å².